The fourth-order valence-electron chi connectivity index (χ4n) is 4.52. The highest BCUT2D eigenvalue weighted by molar-refractivity contribution is 6.17. The molecule has 32 heavy (non-hydrogen) atoms. The number of hydrogen-bond acceptors (Lipinski definition) is 3. The molecule has 0 saturated carbocycles. The zero-order chi connectivity index (χ0) is 22.7. The first-order chi connectivity index (χ1) is 15.5. The Balaban J connectivity index is 1.45. The number of aryl methyl sites for hydroxylation is 1. The molecule has 1 amide bonds. The SMILES string of the molecule is Cc1c(C(=O)N2CCN(CCc3ccc(F)cc3)CC2)c2cc(O)ccc2n1CCCCl. The van der Waals surface area contributed by atoms with Crippen LogP contribution in [-0.4, -0.2) is 64.0 Å². The Morgan fingerprint density at radius 2 is 1.78 bits per heavy atom. The molecular formula is C25H29ClFN3O2. The quantitative estimate of drug-likeness (QED) is 0.534. The van der Waals surface area contributed by atoms with Crippen LogP contribution in [0, 0.1) is 12.7 Å². The summed E-state index contributed by atoms with van der Waals surface area (Å²) >= 11 is 5.91. The van der Waals surface area contributed by atoms with Crippen LogP contribution in [0.1, 0.15) is 28.0 Å². The summed E-state index contributed by atoms with van der Waals surface area (Å²) in [6.07, 6.45) is 1.67. The first-order valence-corrected chi connectivity index (χ1v) is 11.6. The zero-order valence-corrected chi connectivity index (χ0v) is 19.1. The molecule has 0 bridgehead atoms. The molecule has 1 saturated heterocycles. The topological polar surface area (TPSA) is 48.7 Å². The molecule has 0 unspecified atom stereocenters. The minimum absolute atomic E-state index is 0.0147. The van der Waals surface area contributed by atoms with Gasteiger partial charge in [-0.1, -0.05) is 12.1 Å². The van der Waals surface area contributed by atoms with Crippen LogP contribution in [0.4, 0.5) is 4.39 Å². The van der Waals surface area contributed by atoms with Gasteiger partial charge in [-0.3, -0.25) is 9.69 Å². The van der Waals surface area contributed by atoms with Crippen LogP contribution in [0.5, 0.6) is 5.75 Å². The lowest BCUT2D eigenvalue weighted by Crippen LogP contribution is -2.49. The molecule has 2 heterocycles. The highest BCUT2D eigenvalue weighted by Crippen LogP contribution is 2.30. The van der Waals surface area contributed by atoms with E-state index >= 15 is 0 Å². The van der Waals surface area contributed by atoms with E-state index in [1.54, 1.807) is 12.1 Å². The van der Waals surface area contributed by atoms with Crippen LogP contribution < -0.4 is 0 Å². The van der Waals surface area contributed by atoms with Gasteiger partial charge in [-0.05, 0) is 55.7 Å². The van der Waals surface area contributed by atoms with E-state index in [0.717, 1.165) is 61.2 Å². The Morgan fingerprint density at radius 3 is 2.47 bits per heavy atom. The Bertz CT molecular complexity index is 1090. The molecule has 0 radical (unpaired) electrons. The molecule has 4 rings (SSSR count). The average Bonchev–Trinajstić information content (AvgIpc) is 3.07. The third-order valence-electron chi connectivity index (χ3n) is 6.33. The molecule has 170 valence electrons. The van der Waals surface area contributed by atoms with Gasteiger partial charge in [-0.15, -0.1) is 11.6 Å². The van der Waals surface area contributed by atoms with Crippen molar-refractivity contribution in [2.45, 2.75) is 26.3 Å². The van der Waals surface area contributed by atoms with Gasteiger partial charge in [0.15, 0.2) is 0 Å². The van der Waals surface area contributed by atoms with E-state index in [2.05, 4.69) is 9.47 Å². The summed E-state index contributed by atoms with van der Waals surface area (Å²) in [5.74, 6) is 0.515. The third-order valence-corrected chi connectivity index (χ3v) is 6.59. The third kappa shape index (κ3) is 4.76. The number of phenols is 1. The molecular weight excluding hydrogens is 429 g/mol. The molecule has 5 nitrogen and oxygen atoms in total. The lowest BCUT2D eigenvalue weighted by Gasteiger charge is -2.35. The maximum atomic E-state index is 13.5. The molecule has 2 aromatic carbocycles. The van der Waals surface area contributed by atoms with Crippen LogP contribution in [0.25, 0.3) is 10.9 Å². The summed E-state index contributed by atoms with van der Waals surface area (Å²) in [5.41, 5.74) is 3.65. The Labute approximate surface area is 193 Å². The second-order valence-corrected chi connectivity index (χ2v) is 8.74. The van der Waals surface area contributed by atoms with Crippen LogP contribution in [-0.2, 0) is 13.0 Å². The lowest BCUT2D eigenvalue weighted by atomic mass is 10.1. The molecule has 1 aliphatic heterocycles. The highest BCUT2D eigenvalue weighted by atomic mass is 35.5. The summed E-state index contributed by atoms with van der Waals surface area (Å²) in [6.45, 7) is 6.53. The number of carbonyl (C=O) groups excluding carboxylic acids is 1. The predicted octanol–water partition coefficient (Wildman–Crippen LogP) is 4.42. The van der Waals surface area contributed by atoms with Crippen molar-refractivity contribution >= 4 is 28.4 Å². The Kier molecular flexibility index (Phi) is 7.01. The van der Waals surface area contributed by atoms with E-state index in [4.69, 9.17) is 11.6 Å². The summed E-state index contributed by atoms with van der Waals surface area (Å²) < 4.78 is 15.2. The number of fused-ring (bicyclic) bond motifs is 1. The van der Waals surface area contributed by atoms with Crippen molar-refractivity contribution < 1.29 is 14.3 Å². The fourth-order valence-corrected chi connectivity index (χ4v) is 4.64. The molecule has 0 atom stereocenters. The normalized spacial score (nSPS) is 14.9. The highest BCUT2D eigenvalue weighted by Gasteiger charge is 2.27. The van der Waals surface area contributed by atoms with E-state index in [0.29, 0.717) is 24.5 Å². The van der Waals surface area contributed by atoms with Gasteiger partial charge in [0.2, 0.25) is 0 Å². The Morgan fingerprint density at radius 1 is 1.06 bits per heavy atom. The maximum absolute atomic E-state index is 13.5. The first kappa shape index (κ1) is 22.6. The van der Waals surface area contributed by atoms with Gasteiger partial charge >= 0.3 is 0 Å². The predicted molar refractivity (Wildman–Crippen MR) is 126 cm³/mol. The number of benzene rings is 2. The standard InChI is InChI=1S/C25H29ClFN3O2/c1-18-24(22-17-21(31)7-8-23(22)30(18)11-2-10-26)25(32)29-15-13-28(14-16-29)12-9-19-3-5-20(27)6-4-19/h3-8,17,31H,2,9-16H2,1H3. The van der Waals surface area contributed by atoms with Gasteiger partial charge in [0, 0.05) is 61.7 Å². The molecule has 3 aromatic rings. The van der Waals surface area contributed by atoms with Gasteiger partial charge in [-0.25, -0.2) is 4.39 Å². The second-order valence-electron chi connectivity index (χ2n) is 8.37. The molecule has 7 heteroatoms. The summed E-state index contributed by atoms with van der Waals surface area (Å²) in [7, 11) is 0. The van der Waals surface area contributed by atoms with Crippen molar-refractivity contribution in [1.29, 1.82) is 0 Å². The molecule has 1 fully saturated rings. The number of phenolic OH excluding ortho intramolecular Hbond substituents is 1. The largest absolute Gasteiger partial charge is 0.508 e. The monoisotopic (exact) mass is 457 g/mol. The number of hydrogen-bond donors (Lipinski definition) is 1. The number of alkyl halides is 1. The van der Waals surface area contributed by atoms with Crippen LogP contribution in [0.2, 0.25) is 0 Å². The average molecular weight is 458 g/mol. The van der Waals surface area contributed by atoms with Gasteiger partial charge in [0.1, 0.15) is 11.6 Å². The maximum Gasteiger partial charge on any atom is 0.256 e. The molecule has 0 aliphatic carbocycles. The zero-order valence-electron chi connectivity index (χ0n) is 18.4. The van der Waals surface area contributed by atoms with E-state index < -0.39 is 0 Å². The van der Waals surface area contributed by atoms with Crippen molar-refractivity contribution in [3.05, 3.63) is 65.1 Å². The summed E-state index contributed by atoms with van der Waals surface area (Å²) in [4.78, 5) is 17.8. The van der Waals surface area contributed by atoms with Crippen LogP contribution >= 0.6 is 11.6 Å². The van der Waals surface area contributed by atoms with Gasteiger partial charge in [0.25, 0.3) is 5.91 Å². The smallest absolute Gasteiger partial charge is 0.256 e. The first-order valence-electron chi connectivity index (χ1n) is 11.1. The minimum atomic E-state index is -0.214. The van der Waals surface area contributed by atoms with Crippen LogP contribution in [0.3, 0.4) is 0 Å². The second kappa shape index (κ2) is 9.92. The number of aromatic nitrogens is 1. The number of carbonyl (C=O) groups is 1. The van der Waals surface area contributed by atoms with E-state index in [-0.39, 0.29) is 17.5 Å². The van der Waals surface area contributed by atoms with Crippen LogP contribution in [0.15, 0.2) is 42.5 Å². The van der Waals surface area contributed by atoms with Crippen molar-refractivity contribution in [2.75, 3.05) is 38.6 Å². The van der Waals surface area contributed by atoms with Crippen molar-refractivity contribution in [3.63, 3.8) is 0 Å². The number of nitrogens with zero attached hydrogens (tertiary/aromatic N) is 3. The van der Waals surface area contributed by atoms with Gasteiger partial charge in [0.05, 0.1) is 5.56 Å². The van der Waals surface area contributed by atoms with Crippen molar-refractivity contribution in [1.82, 2.24) is 14.4 Å². The molecule has 1 aromatic heterocycles. The number of amides is 1. The number of aromatic hydroxyl groups is 1. The molecule has 1 N–H and O–H groups in total. The van der Waals surface area contributed by atoms with E-state index in [1.807, 2.05) is 30.0 Å². The molecule has 1 aliphatic rings. The van der Waals surface area contributed by atoms with Crippen molar-refractivity contribution in [2.24, 2.45) is 0 Å². The van der Waals surface area contributed by atoms with Crippen molar-refractivity contribution in [3.8, 4) is 5.75 Å². The number of piperazine rings is 1. The summed E-state index contributed by atoms with van der Waals surface area (Å²) in [5, 5.41) is 10.8. The van der Waals surface area contributed by atoms with Gasteiger partial charge in [-0.2, -0.15) is 0 Å². The fraction of sp³-hybridized carbons (Fsp3) is 0.400. The minimum Gasteiger partial charge on any atom is -0.508 e. The van der Waals surface area contributed by atoms with Gasteiger partial charge < -0.3 is 14.6 Å². The number of rotatable bonds is 7. The molecule has 0 spiro atoms. The van der Waals surface area contributed by atoms with E-state index in [9.17, 15) is 14.3 Å². The van der Waals surface area contributed by atoms with E-state index in [1.165, 1.54) is 12.1 Å². The summed E-state index contributed by atoms with van der Waals surface area (Å²) in [6, 6.07) is 11.9. The lowest BCUT2D eigenvalue weighted by molar-refractivity contribution is 0.0639. The Hall–Kier alpha value is -2.57. The number of halogens is 2.